The van der Waals surface area contributed by atoms with Crippen LogP contribution in [-0.4, -0.2) is 69.2 Å². The van der Waals surface area contributed by atoms with Crippen molar-refractivity contribution < 1.29 is 29.1 Å². The highest BCUT2D eigenvalue weighted by molar-refractivity contribution is 8.17. The third-order valence-electron chi connectivity index (χ3n) is 5.04. The molecule has 0 radical (unpaired) electrons. The van der Waals surface area contributed by atoms with Crippen LogP contribution in [0.3, 0.4) is 0 Å². The lowest BCUT2D eigenvalue weighted by Crippen LogP contribution is -2.41. The fourth-order valence-electron chi connectivity index (χ4n) is 3.63. The number of nitro benzene ring substituents is 1. The van der Waals surface area contributed by atoms with Crippen molar-refractivity contribution in [2.75, 3.05) is 31.8 Å². The Kier molecular flexibility index (Phi) is 10.4. The summed E-state index contributed by atoms with van der Waals surface area (Å²) >= 11 is 3.59. The van der Waals surface area contributed by atoms with Crippen LogP contribution in [0.5, 0.6) is 11.5 Å². The maximum absolute atomic E-state index is 13.5. The van der Waals surface area contributed by atoms with E-state index in [9.17, 15) is 19.7 Å². The highest BCUT2D eigenvalue weighted by Crippen LogP contribution is 2.39. The SMILES string of the molecule is CCSC(SCC)[C@@H]1CCCN1C(=O)c1cc(OC)c(OCCCC(=O)O)cc1[N+](=O)[O-]. The minimum Gasteiger partial charge on any atom is -0.493 e. The Labute approximate surface area is 196 Å². The molecule has 1 aromatic rings. The first kappa shape index (κ1) is 26.1. The quantitative estimate of drug-likeness (QED) is 0.188. The molecule has 0 spiro atoms. The van der Waals surface area contributed by atoms with Crippen LogP contribution in [-0.2, 0) is 4.79 Å². The Balaban J connectivity index is 2.32. The molecule has 1 N–H and O–H groups in total. The molecule has 9 nitrogen and oxygen atoms in total. The number of carbonyl (C=O) groups excluding carboxylic acids is 1. The first-order chi connectivity index (χ1) is 15.3. The van der Waals surface area contributed by atoms with Crippen molar-refractivity contribution in [3.8, 4) is 11.5 Å². The molecule has 11 heteroatoms. The number of nitro groups is 1. The van der Waals surface area contributed by atoms with Crippen molar-refractivity contribution >= 4 is 41.1 Å². The zero-order valence-corrected chi connectivity index (χ0v) is 20.2. The van der Waals surface area contributed by atoms with Crippen LogP contribution in [0.2, 0.25) is 0 Å². The third-order valence-corrected chi connectivity index (χ3v) is 7.81. The third kappa shape index (κ3) is 6.68. The number of benzene rings is 1. The number of hydrogen-bond acceptors (Lipinski definition) is 8. The fourth-order valence-corrected chi connectivity index (χ4v) is 6.50. The van der Waals surface area contributed by atoms with E-state index in [0.717, 1.165) is 24.3 Å². The van der Waals surface area contributed by atoms with Crippen LogP contribution in [0.25, 0.3) is 0 Å². The van der Waals surface area contributed by atoms with Crippen LogP contribution in [0, 0.1) is 10.1 Å². The van der Waals surface area contributed by atoms with E-state index in [4.69, 9.17) is 14.6 Å². The molecule has 1 atom stereocenters. The van der Waals surface area contributed by atoms with Gasteiger partial charge in [0.15, 0.2) is 11.5 Å². The molecule has 1 aromatic carbocycles. The highest BCUT2D eigenvalue weighted by Gasteiger charge is 2.38. The molecular weight excluding hydrogens is 456 g/mol. The summed E-state index contributed by atoms with van der Waals surface area (Å²) in [6.45, 7) is 4.78. The van der Waals surface area contributed by atoms with Crippen LogP contribution in [0.1, 0.15) is 49.9 Å². The number of ether oxygens (including phenoxy) is 2. The smallest absolute Gasteiger partial charge is 0.303 e. The van der Waals surface area contributed by atoms with Gasteiger partial charge in [0.2, 0.25) is 0 Å². The number of carboxylic acid groups (broad SMARTS) is 1. The molecule has 178 valence electrons. The van der Waals surface area contributed by atoms with E-state index in [0.29, 0.717) is 6.54 Å². The Morgan fingerprint density at radius 2 is 1.97 bits per heavy atom. The molecule has 0 bridgehead atoms. The Morgan fingerprint density at radius 1 is 1.28 bits per heavy atom. The van der Waals surface area contributed by atoms with Crippen molar-refractivity contribution in [2.45, 2.75) is 50.2 Å². The minimum atomic E-state index is -0.951. The number of likely N-dealkylation sites (tertiary alicyclic amines) is 1. The summed E-state index contributed by atoms with van der Waals surface area (Å²) in [7, 11) is 1.39. The topological polar surface area (TPSA) is 119 Å². The molecule has 1 aliphatic rings. The van der Waals surface area contributed by atoms with E-state index in [1.807, 2.05) is 0 Å². The zero-order valence-electron chi connectivity index (χ0n) is 18.6. The highest BCUT2D eigenvalue weighted by atomic mass is 32.2. The minimum absolute atomic E-state index is 0.00921. The summed E-state index contributed by atoms with van der Waals surface area (Å²) in [6, 6.07) is 2.56. The molecule has 0 aromatic heterocycles. The summed E-state index contributed by atoms with van der Waals surface area (Å²) in [5.41, 5.74) is -0.379. The van der Waals surface area contributed by atoms with Crippen molar-refractivity contribution in [3.05, 3.63) is 27.8 Å². The lowest BCUT2D eigenvalue weighted by atomic mass is 10.1. The maximum Gasteiger partial charge on any atom is 0.303 e. The largest absolute Gasteiger partial charge is 0.493 e. The van der Waals surface area contributed by atoms with Gasteiger partial charge in [0.25, 0.3) is 11.6 Å². The summed E-state index contributed by atoms with van der Waals surface area (Å²) in [5.74, 6) is 0.838. The predicted octanol–water partition coefficient (Wildman–Crippen LogP) is 4.28. The van der Waals surface area contributed by atoms with Crippen molar-refractivity contribution in [1.29, 1.82) is 0 Å². The van der Waals surface area contributed by atoms with Crippen LogP contribution >= 0.6 is 23.5 Å². The van der Waals surface area contributed by atoms with E-state index in [1.54, 1.807) is 28.4 Å². The monoisotopic (exact) mass is 486 g/mol. The van der Waals surface area contributed by atoms with Gasteiger partial charge in [-0.3, -0.25) is 19.7 Å². The lowest BCUT2D eigenvalue weighted by Gasteiger charge is -2.31. The number of amides is 1. The number of methoxy groups -OCH3 is 1. The number of nitrogens with zero attached hydrogens (tertiary/aromatic N) is 2. The number of carbonyl (C=O) groups is 2. The Morgan fingerprint density at radius 3 is 2.53 bits per heavy atom. The first-order valence-corrected chi connectivity index (χ1v) is 12.7. The van der Waals surface area contributed by atoms with Crippen LogP contribution in [0.4, 0.5) is 5.69 Å². The van der Waals surface area contributed by atoms with E-state index >= 15 is 0 Å². The molecule has 1 saturated heterocycles. The van der Waals surface area contributed by atoms with Crippen LogP contribution < -0.4 is 9.47 Å². The van der Waals surface area contributed by atoms with Gasteiger partial charge in [0, 0.05) is 19.0 Å². The molecule has 1 heterocycles. The average molecular weight is 487 g/mol. The van der Waals surface area contributed by atoms with Gasteiger partial charge in [-0.15, -0.1) is 23.5 Å². The second-order valence-corrected chi connectivity index (χ2v) is 10.2. The molecule has 0 aliphatic carbocycles. The van der Waals surface area contributed by atoms with Gasteiger partial charge in [-0.25, -0.2) is 0 Å². The van der Waals surface area contributed by atoms with E-state index in [2.05, 4.69) is 13.8 Å². The van der Waals surface area contributed by atoms with Gasteiger partial charge in [0.1, 0.15) is 5.56 Å². The molecule has 32 heavy (non-hydrogen) atoms. The number of hydrogen-bond donors (Lipinski definition) is 1. The van der Waals surface area contributed by atoms with Crippen molar-refractivity contribution in [1.82, 2.24) is 4.90 Å². The Hall–Kier alpha value is -2.14. The lowest BCUT2D eigenvalue weighted by molar-refractivity contribution is -0.385. The number of rotatable bonds is 13. The van der Waals surface area contributed by atoms with Gasteiger partial charge in [-0.05, 0) is 30.8 Å². The number of aliphatic carboxylic acids is 1. The van der Waals surface area contributed by atoms with Gasteiger partial charge in [0.05, 0.1) is 35.3 Å². The molecule has 1 aliphatic heterocycles. The van der Waals surface area contributed by atoms with Gasteiger partial charge >= 0.3 is 5.97 Å². The standard InChI is InChI=1S/C21H30N2O7S2/c1-4-31-21(32-5-2)15-8-6-10-22(15)20(26)14-12-17(29-3)18(13-16(14)23(27)28)30-11-7-9-19(24)25/h12-13,15,21H,4-11H2,1-3H3,(H,24,25)/t15-/m0/s1. The zero-order chi connectivity index (χ0) is 23.7. The number of carboxylic acids is 1. The van der Waals surface area contributed by atoms with Gasteiger partial charge in [-0.1, -0.05) is 13.8 Å². The van der Waals surface area contributed by atoms with Gasteiger partial charge in [-0.2, -0.15) is 0 Å². The summed E-state index contributed by atoms with van der Waals surface area (Å²) in [6.07, 6.45) is 1.89. The fraction of sp³-hybridized carbons (Fsp3) is 0.619. The van der Waals surface area contributed by atoms with Crippen LogP contribution in [0.15, 0.2) is 12.1 Å². The molecule has 1 amide bonds. The normalized spacial score (nSPS) is 15.8. The molecule has 0 unspecified atom stereocenters. The van der Waals surface area contributed by atoms with Gasteiger partial charge < -0.3 is 19.5 Å². The predicted molar refractivity (Wildman–Crippen MR) is 126 cm³/mol. The number of thioether (sulfide) groups is 2. The maximum atomic E-state index is 13.5. The average Bonchev–Trinajstić information content (AvgIpc) is 3.25. The molecule has 0 saturated carbocycles. The van der Waals surface area contributed by atoms with E-state index < -0.39 is 10.9 Å². The van der Waals surface area contributed by atoms with Crippen molar-refractivity contribution in [3.63, 3.8) is 0 Å². The molecule has 2 rings (SSSR count). The summed E-state index contributed by atoms with van der Waals surface area (Å²) in [5, 5.41) is 20.5. The first-order valence-electron chi connectivity index (χ1n) is 10.6. The molecule has 1 fully saturated rings. The summed E-state index contributed by atoms with van der Waals surface area (Å²) in [4.78, 5) is 37.1. The summed E-state index contributed by atoms with van der Waals surface area (Å²) < 4.78 is 11.1. The van der Waals surface area contributed by atoms with E-state index in [1.165, 1.54) is 19.2 Å². The molecular formula is C21H30N2O7S2. The second kappa shape index (κ2) is 12.8. The Bertz CT molecular complexity index is 816. The second-order valence-electron chi connectivity index (χ2n) is 7.11. The van der Waals surface area contributed by atoms with Crippen molar-refractivity contribution in [2.24, 2.45) is 0 Å². The van der Waals surface area contributed by atoms with E-state index in [-0.39, 0.29) is 58.7 Å².